The smallest absolute Gasteiger partial charge is 0.218 e. The Bertz CT molecular complexity index is 427. The van der Waals surface area contributed by atoms with Crippen molar-refractivity contribution in [1.82, 2.24) is 10.3 Å². The number of aryl methyl sites for hydroxylation is 2. The summed E-state index contributed by atoms with van der Waals surface area (Å²) in [5.41, 5.74) is 4.54. The Morgan fingerprint density at radius 1 is 1.42 bits per heavy atom. The molecule has 0 amide bonds. The average Bonchev–Trinajstić information content (AvgIpc) is 2.32. The van der Waals surface area contributed by atoms with Gasteiger partial charge in [0.2, 0.25) is 5.88 Å². The Morgan fingerprint density at radius 3 is 2.79 bits per heavy atom. The maximum atomic E-state index is 5.83. The van der Waals surface area contributed by atoms with E-state index in [1.54, 1.807) is 0 Å². The van der Waals surface area contributed by atoms with Crippen molar-refractivity contribution in [3.63, 3.8) is 0 Å². The van der Waals surface area contributed by atoms with E-state index < -0.39 is 0 Å². The molecule has 1 N–H and O–H groups in total. The van der Waals surface area contributed by atoms with Crippen LogP contribution in [0.2, 0.25) is 0 Å². The van der Waals surface area contributed by atoms with E-state index >= 15 is 0 Å². The lowest BCUT2D eigenvalue weighted by molar-refractivity contribution is 0.304. The highest BCUT2D eigenvalue weighted by Gasteiger charge is 2.09. The van der Waals surface area contributed by atoms with Crippen LogP contribution in [-0.2, 0) is 6.54 Å². The number of ether oxygens (including phenoxy) is 1. The van der Waals surface area contributed by atoms with Gasteiger partial charge in [0.05, 0.1) is 6.61 Å². The second-order valence-electron chi connectivity index (χ2n) is 5.10. The summed E-state index contributed by atoms with van der Waals surface area (Å²) in [5.74, 6) is 0.766. The minimum atomic E-state index is 0.645. The fourth-order valence-electron chi connectivity index (χ4n) is 1.88. The number of nitrogens with zero attached hydrogens (tertiary/aromatic N) is 1. The van der Waals surface area contributed by atoms with E-state index in [1.807, 2.05) is 13.8 Å². The SMILES string of the molecule is C=C(C)CCOc1nc(C)cc(C)c1CNCCC. The zero-order valence-corrected chi connectivity index (χ0v) is 12.7. The van der Waals surface area contributed by atoms with Gasteiger partial charge in [0, 0.05) is 24.2 Å². The first-order chi connectivity index (χ1) is 9.04. The highest BCUT2D eigenvalue weighted by atomic mass is 16.5. The molecule has 0 radical (unpaired) electrons. The van der Waals surface area contributed by atoms with Crippen molar-refractivity contribution in [2.24, 2.45) is 0 Å². The molecule has 0 saturated heterocycles. The average molecular weight is 262 g/mol. The third-order valence-corrected chi connectivity index (χ3v) is 2.93. The van der Waals surface area contributed by atoms with Crippen LogP contribution < -0.4 is 10.1 Å². The summed E-state index contributed by atoms with van der Waals surface area (Å²) in [7, 11) is 0. The minimum Gasteiger partial charge on any atom is -0.477 e. The van der Waals surface area contributed by atoms with Gasteiger partial charge in [-0.25, -0.2) is 4.98 Å². The van der Waals surface area contributed by atoms with Gasteiger partial charge in [-0.1, -0.05) is 12.5 Å². The molecule has 0 unspecified atom stereocenters. The lowest BCUT2D eigenvalue weighted by Crippen LogP contribution is -2.16. The summed E-state index contributed by atoms with van der Waals surface area (Å²) in [5, 5.41) is 3.41. The zero-order chi connectivity index (χ0) is 14.3. The molecule has 1 heterocycles. The molecule has 0 fully saturated rings. The van der Waals surface area contributed by atoms with Crippen LogP contribution in [0.25, 0.3) is 0 Å². The summed E-state index contributed by atoms with van der Waals surface area (Å²) in [6.45, 7) is 14.7. The predicted molar refractivity (Wildman–Crippen MR) is 80.6 cm³/mol. The monoisotopic (exact) mass is 262 g/mol. The minimum absolute atomic E-state index is 0.645. The van der Waals surface area contributed by atoms with Gasteiger partial charge in [-0.2, -0.15) is 0 Å². The summed E-state index contributed by atoms with van der Waals surface area (Å²) in [6.07, 6.45) is 2.00. The van der Waals surface area contributed by atoms with E-state index in [2.05, 4.69) is 36.8 Å². The Morgan fingerprint density at radius 2 is 2.16 bits per heavy atom. The third kappa shape index (κ3) is 5.43. The molecule has 19 heavy (non-hydrogen) atoms. The Hall–Kier alpha value is -1.35. The molecule has 0 atom stereocenters. The Balaban J connectivity index is 2.77. The molecule has 0 bridgehead atoms. The lowest BCUT2D eigenvalue weighted by Gasteiger charge is -2.14. The van der Waals surface area contributed by atoms with E-state index in [-0.39, 0.29) is 0 Å². The van der Waals surface area contributed by atoms with Crippen LogP contribution in [0.15, 0.2) is 18.2 Å². The van der Waals surface area contributed by atoms with Crippen LogP contribution in [0.5, 0.6) is 5.88 Å². The Kier molecular flexibility index (Phi) is 6.57. The fourth-order valence-corrected chi connectivity index (χ4v) is 1.88. The van der Waals surface area contributed by atoms with Gasteiger partial charge in [0.15, 0.2) is 0 Å². The molecule has 1 aromatic heterocycles. The second kappa shape index (κ2) is 7.95. The van der Waals surface area contributed by atoms with Crippen LogP contribution in [0, 0.1) is 13.8 Å². The standard InChI is InChI=1S/C16H26N2O/c1-6-8-17-11-15-13(4)10-14(5)18-16(15)19-9-7-12(2)3/h10,17H,2,6-9,11H2,1,3-5H3. The quantitative estimate of drug-likeness (QED) is 0.575. The normalized spacial score (nSPS) is 10.5. The second-order valence-corrected chi connectivity index (χ2v) is 5.10. The van der Waals surface area contributed by atoms with Crippen LogP contribution >= 0.6 is 0 Å². The van der Waals surface area contributed by atoms with Crippen molar-refractivity contribution in [1.29, 1.82) is 0 Å². The maximum Gasteiger partial charge on any atom is 0.218 e. The fraction of sp³-hybridized carbons (Fsp3) is 0.562. The van der Waals surface area contributed by atoms with Gasteiger partial charge < -0.3 is 10.1 Å². The molecule has 0 aliphatic heterocycles. The summed E-state index contributed by atoms with van der Waals surface area (Å²) in [6, 6.07) is 2.11. The van der Waals surface area contributed by atoms with Crippen LogP contribution in [-0.4, -0.2) is 18.1 Å². The summed E-state index contributed by atoms with van der Waals surface area (Å²) in [4.78, 5) is 4.52. The highest BCUT2D eigenvalue weighted by molar-refractivity contribution is 5.35. The first-order valence-corrected chi connectivity index (χ1v) is 6.99. The molecule has 0 saturated carbocycles. The van der Waals surface area contributed by atoms with E-state index in [9.17, 15) is 0 Å². The van der Waals surface area contributed by atoms with Crippen LogP contribution in [0.1, 0.15) is 43.5 Å². The molecule has 0 aromatic carbocycles. The van der Waals surface area contributed by atoms with Gasteiger partial charge >= 0.3 is 0 Å². The van der Waals surface area contributed by atoms with Gasteiger partial charge in [0.25, 0.3) is 0 Å². The van der Waals surface area contributed by atoms with Crippen molar-refractivity contribution in [2.75, 3.05) is 13.2 Å². The molecule has 0 spiro atoms. The van der Waals surface area contributed by atoms with Crippen molar-refractivity contribution >= 4 is 0 Å². The van der Waals surface area contributed by atoms with Gasteiger partial charge in [0.1, 0.15) is 0 Å². The number of hydrogen-bond donors (Lipinski definition) is 1. The predicted octanol–water partition coefficient (Wildman–Crippen LogP) is 3.54. The van der Waals surface area contributed by atoms with Crippen molar-refractivity contribution in [3.8, 4) is 5.88 Å². The number of pyridine rings is 1. The zero-order valence-electron chi connectivity index (χ0n) is 12.7. The number of hydrogen-bond acceptors (Lipinski definition) is 3. The first-order valence-electron chi connectivity index (χ1n) is 6.99. The summed E-state index contributed by atoms with van der Waals surface area (Å²) >= 11 is 0. The summed E-state index contributed by atoms with van der Waals surface area (Å²) < 4.78 is 5.83. The molecule has 3 heteroatoms. The lowest BCUT2D eigenvalue weighted by atomic mass is 10.1. The molecule has 3 nitrogen and oxygen atoms in total. The first kappa shape index (κ1) is 15.7. The molecular formula is C16H26N2O. The molecule has 106 valence electrons. The topological polar surface area (TPSA) is 34.1 Å². The highest BCUT2D eigenvalue weighted by Crippen LogP contribution is 2.21. The molecule has 0 aliphatic rings. The number of nitrogens with one attached hydrogen (secondary N) is 1. The molecular weight excluding hydrogens is 236 g/mol. The van der Waals surface area contributed by atoms with Gasteiger partial charge in [-0.15, -0.1) is 6.58 Å². The largest absolute Gasteiger partial charge is 0.477 e. The van der Waals surface area contributed by atoms with E-state index in [0.29, 0.717) is 6.61 Å². The van der Waals surface area contributed by atoms with Crippen molar-refractivity contribution in [2.45, 2.75) is 47.1 Å². The van der Waals surface area contributed by atoms with Gasteiger partial charge in [-0.3, -0.25) is 0 Å². The van der Waals surface area contributed by atoms with E-state index in [4.69, 9.17) is 4.74 Å². The van der Waals surface area contributed by atoms with Crippen molar-refractivity contribution < 1.29 is 4.74 Å². The number of aromatic nitrogens is 1. The van der Waals surface area contributed by atoms with Gasteiger partial charge in [-0.05, 0) is 45.4 Å². The maximum absolute atomic E-state index is 5.83. The Labute approximate surface area is 117 Å². The molecule has 1 rings (SSSR count). The molecule has 1 aromatic rings. The van der Waals surface area contributed by atoms with E-state index in [0.717, 1.165) is 43.1 Å². The van der Waals surface area contributed by atoms with E-state index in [1.165, 1.54) is 11.1 Å². The molecule has 0 aliphatic carbocycles. The number of rotatable bonds is 8. The van der Waals surface area contributed by atoms with Crippen molar-refractivity contribution in [3.05, 3.63) is 35.0 Å². The van der Waals surface area contributed by atoms with Crippen LogP contribution in [0.3, 0.4) is 0 Å². The third-order valence-electron chi connectivity index (χ3n) is 2.93. The van der Waals surface area contributed by atoms with Crippen LogP contribution in [0.4, 0.5) is 0 Å².